The summed E-state index contributed by atoms with van der Waals surface area (Å²) in [5.41, 5.74) is 10.2. The number of hydrogen-bond donors (Lipinski definition) is 1. The van der Waals surface area contributed by atoms with E-state index in [9.17, 15) is 0 Å². The third-order valence-corrected chi connectivity index (χ3v) is 3.21. The molecule has 1 aliphatic rings. The lowest BCUT2D eigenvalue weighted by molar-refractivity contribution is 0.858. The monoisotopic (exact) mass is 189 g/mol. The first-order valence-electron chi connectivity index (χ1n) is 5.45. The van der Waals surface area contributed by atoms with E-state index in [1.54, 1.807) is 0 Å². The predicted octanol–water partition coefficient (Wildman–Crippen LogP) is 2.93. The van der Waals surface area contributed by atoms with Crippen LogP contribution in [-0.4, -0.2) is 6.04 Å². The van der Waals surface area contributed by atoms with Crippen molar-refractivity contribution in [2.24, 2.45) is 5.73 Å². The smallest absolute Gasteiger partial charge is 0.0115 e. The minimum absolute atomic E-state index is 0.413. The molecule has 1 heteroatoms. The molecule has 0 radical (unpaired) electrons. The Hall–Kier alpha value is -0.820. The fourth-order valence-corrected chi connectivity index (χ4v) is 1.99. The molecule has 76 valence electrons. The lowest BCUT2D eigenvalue weighted by Crippen LogP contribution is -2.02. The first-order chi connectivity index (χ1) is 6.59. The molecule has 2 rings (SSSR count). The molecule has 1 nitrogen and oxygen atoms in total. The van der Waals surface area contributed by atoms with Gasteiger partial charge in [0.25, 0.3) is 0 Å². The van der Waals surface area contributed by atoms with Gasteiger partial charge >= 0.3 is 0 Å². The highest BCUT2D eigenvalue weighted by molar-refractivity contribution is 5.39. The molecule has 0 heterocycles. The SMILES string of the molecule is Cc1ccc(C(C)C)cc1C1CC1N. The van der Waals surface area contributed by atoms with Crippen molar-refractivity contribution in [3.63, 3.8) is 0 Å². The topological polar surface area (TPSA) is 26.0 Å². The first kappa shape index (κ1) is 9.72. The van der Waals surface area contributed by atoms with Crippen molar-refractivity contribution in [1.82, 2.24) is 0 Å². The third-order valence-electron chi connectivity index (χ3n) is 3.21. The Morgan fingerprint density at radius 2 is 2.00 bits per heavy atom. The first-order valence-corrected chi connectivity index (χ1v) is 5.45. The summed E-state index contributed by atoms with van der Waals surface area (Å²) < 4.78 is 0. The summed E-state index contributed by atoms with van der Waals surface area (Å²) in [4.78, 5) is 0. The Balaban J connectivity index is 2.33. The Morgan fingerprint density at radius 1 is 1.36 bits per heavy atom. The highest BCUT2D eigenvalue weighted by Gasteiger charge is 2.35. The second kappa shape index (κ2) is 3.39. The van der Waals surface area contributed by atoms with E-state index in [1.165, 1.54) is 23.1 Å². The van der Waals surface area contributed by atoms with Crippen molar-refractivity contribution in [2.45, 2.75) is 45.1 Å². The van der Waals surface area contributed by atoms with Gasteiger partial charge < -0.3 is 5.73 Å². The van der Waals surface area contributed by atoms with Crippen LogP contribution in [0.4, 0.5) is 0 Å². The van der Waals surface area contributed by atoms with Gasteiger partial charge in [-0.3, -0.25) is 0 Å². The van der Waals surface area contributed by atoms with E-state index in [4.69, 9.17) is 5.73 Å². The Labute approximate surface area is 86.3 Å². The highest BCUT2D eigenvalue weighted by atomic mass is 14.7. The van der Waals surface area contributed by atoms with Gasteiger partial charge in [0, 0.05) is 12.0 Å². The summed E-state index contributed by atoms with van der Waals surface area (Å²) in [6, 6.07) is 7.22. The van der Waals surface area contributed by atoms with E-state index in [0.717, 1.165) is 0 Å². The van der Waals surface area contributed by atoms with Crippen molar-refractivity contribution >= 4 is 0 Å². The molecule has 1 fully saturated rings. The van der Waals surface area contributed by atoms with Crippen LogP contribution in [0.15, 0.2) is 18.2 Å². The van der Waals surface area contributed by atoms with E-state index in [2.05, 4.69) is 39.0 Å². The van der Waals surface area contributed by atoms with Gasteiger partial charge in [-0.05, 0) is 36.0 Å². The Morgan fingerprint density at radius 3 is 2.50 bits per heavy atom. The van der Waals surface area contributed by atoms with E-state index in [0.29, 0.717) is 17.9 Å². The normalized spacial score (nSPS) is 25.5. The molecule has 0 aromatic heterocycles. The molecular weight excluding hydrogens is 170 g/mol. The second-order valence-electron chi connectivity index (χ2n) is 4.78. The maximum Gasteiger partial charge on any atom is 0.0115 e. The van der Waals surface area contributed by atoms with Gasteiger partial charge in [0.15, 0.2) is 0 Å². The second-order valence-corrected chi connectivity index (χ2v) is 4.78. The lowest BCUT2D eigenvalue weighted by atomic mass is 9.95. The van der Waals surface area contributed by atoms with E-state index < -0.39 is 0 Å². The van der Waals surface area contributed by atoms with E-state index in [-0.39, 0.29) is 0 Å². The molecule has 0 bridgehead atoms. The Kier molecular flexibility index (Phi) is 2.36. The number of benzene rings is 1. The van der Waals surface area contributed by atoms with Gasteiger partial charge in [0.05, 0.1) is 0 Å². The van der Waals surface area contributed by atoms with Crippen LogP contribution >= 0.6 is 0 Å². The van der Waals surface area contributed by atoms with Gasteiger partial charge in [-0.2, -0.15) is 0 Å². The number of rotatable bonds is 2. The molecule has 2 atom stereocenters. The standard InChI is InChI=1S/C13H19N/c1-8(2)10-5-4-9(3)11(6-10)12-7-13(12)14/h4-6,8,12-13H,7,14H2,1-3H3. The van der Waals surface area contributed by atoms with Gasteiger partial charge in [0.1, 0.15) is 0 Å². The van der Waals surface area contributed by atoms with Gasteiger partial charge in [0.2, 0.25) is 0 Å². The zero-order chi connectivity index (χ0) is 10.3. The van der Waals surface area contributed by atoms with Crippen LogP contribution in [0.3, 0.4) is 0 Å². The van der Waals surface area contributed by atoms with Crippen molar-refractivity contribution in [3.8, 4) is 0 Å². The van der Waals surface area contributed by atoms with Crippen LogP contribution in [0.2, 0.25) is 0 Å². The molecule has 0 amide bonds. The summed E-state index contributed by atoms with van der Waals surface area (Å²) in [6.07, 6.45) is 1.17. The van der Waals surface area contributed by atoms with Crippen LogP contribution < -0.4 is 5.73 Å². The molecule has 0 aliphatic heterocycles. The van der Waals surface area contributed by atoms with E-state index in [1.807, 2.05) is 0 Å². The molecule has 2 unspecified atom stereocenters. The van der Waals surface area contributed by atoms with Gasteiger partial charge in [-0.25, -0.2) is 0 Å². The zero-order valence-electron chi connectivity index (χ0n) is 9.25. The quantitative estimate of drug-likeness (QED) is 0.760. The Bertz CT molecular complexity index is 341. The van der Waals surface area contributed by atoms with Gasteiger partial charge in [-0.1, -0.05) is 32.0 Å². The largest absolute Gasteiger partial charge is 0.327 e. The van der Waals surface area contributed by atoms with Crippen molar-refractivity contribution in [3.05, 3.63) is 34.9 Å². The lowest BCUT2D eigenvalue weighted by Gasteiger charge is -2.10. The van der Waals surface area contributed by atoms with Crippen LogP contribution in [0, 0.1) is 6.92 Å². The summed E-state index contributed by atoms with van der Waals surface area (Å²) in [5.74, 6) is 1.25. The number of nitrogens with two attached hydrogens (primary N) is 1. The maximum atomic E-state index is 5.89. The number of hydrogen-bond acceptors (Lipinski definition) is 1. The van der Waals surface area contributed by atoms with Crippen molar-refractivity contribution in [1.29, 1.82) is 0 Å². The number of aryl methyl sites for hydroxylation is 1. The summed E-state index contributed by atoms with van der Waals surface area (Å²) in [6.45, 7) is 6.66. The molecule has 14 heavy (non-hydrogen) atoms. The van der Waals surface area contributed by atoms with E-state index >= 15 is 0 Å². The fraction of sp³-hybridized carbons (Fsp3) is 0.538. The molecule has 1 saturated carbocycles. The van der Waals surface area contributed by atoms with Crippen molar-refractivity contribution < 1.29 is 0 Å². The van der Waals surface area contributed by atoms with Crippen LogP contribution in [0.5, 0.6) is 0 Å². The average Bonchev–Trinajstić information content (AvgIpc) is 2.83. The molecule has 1 aromatic carbocycles. The third kappa shape index (κ3) is 1.69. The van der Waals surface area contributed by atoms with Crippen LogP contribution in [0.25, 0.3) is 0 Å². The van der Waals surface area contributed by atoms with Crippen molar-refractivity contribution in [2.75, 3.05) is 0 Å². The molecule has 1 aliphatic carbocycles. The predicted molar refractivity (Wildman–Crippen MR) is 60.6 cm³/mol. The fourth-order valence-electron chi connectivity index (χ4n) is 1.99. The van der Waals surface area contributed by atoms with Gasteiger partial charge in [-0.15, -0.1) is 0 Å². The van der Waals surface area contributed by atoms with Crippen LogP contribution in [0.1, 0.15) is 48.8 Å². The molecule has 1 aromatic rings. The highest BCUT2D eigenvalue weighted by Crippen LogP contribution is 2.41. The maximum absolute atomic E-state index is 5.89. The molecule has 0 saturated heterocycles. The summed E-state index contributed by atoms with van der Waals surface area (Å²) in [5, 5.41) is 0. The average molecular weight is 189 g/mol. The summed E-state index contributed by atoms with van der Waals surface area (Å²) in [7, 11) is 0. The molecule has 0 spiro atoms. The molecular formula is C13H19N. The molecule has 2 N–H and O–H groups in total. The minimum Gasteiger partial charge on any atom is -0.327 e. The van der Waals surface area contributed by atoms with Crippen LogP contribution in [-0.2, 0) is 0 Å². The minimum atomic E-state index is 0.413. The summed E-state index contributed by atoms with van der Waals surface area (Å²) >= 11 is 0. The zero-order valence-corrected chi connectivity index (χ0v) is 9.25.